The molecule has 6 N–H and O–H groups in total. The summed E-state index contributed by atoms with van der Waals surface area (Å²) in [5, 5.41) is 45.9. The Labute approximate surface area is 290 Å². The average Bonchev–Trinajstić information content (AvgIpc) is 3.14. The standard InChI is InChI=1S/C40H39N3O7/c1-41-37(48)22-19-32(38(49)42-24-23-27-17-20-33(44)35(46)25-27)43(39(50)28-18-21-34(45)36(47)26-28)40(29-11-5-2-6-12-29,30-13-7-3-8-14-30)31-15-9-4-10-16-31/h2-18,20-21,25-26,32,44-47H,19,22-24H2,1H3,(H,41,48)(H,42,49)/t32-/m0/s1. The van der Waals surface area contributed by atoms with E-state index in [1.807, 2.05) is 91.0 Å². The van der Waals surface area contributed by atoms with E-state index in [0.29, 0.717) is 28.7 Å². The monoisotopic (exact) mass is 673 g/mol. The van der Waals surface area contributed by atoms with Gasteiger partial charge in [0.1, 0.15) is 11.6 Å². The second-order valence-electron chi connectivity index (χ2n) is 11.8. The number of nitrogens with zero attached hydrogens (tertiary/aromatic N) is 1. The number of benzene rings is 5. The summed E-state index contributed by atoms with van der Waals surface area (Å²) < 4.78 is 0. The van der Waals surface area contributed by atoms with Crippen molar-refractivity contribution in [1.29, 1.82) is 0 Å². The summed E-state index contributed by atoms with van der Waals surface area (Å²) in [7, 11) is 1.49. The molecule has 0 unspecified atom stereocenters. The van der Waals surface area contributed by atoms with Crippen LogP contribution < -0.4 is 10.6 Å². The molecule has 256 valence electrons. The van der Waals surface area contributed by atoms with Gasteiger partial charge in [-0.25, -0.2) is 0 Å². The van der Waals surface area contributed by atoms with Gasteiger partial charge in [0.15, 0.2) is 23.0 Å². The van der Waals surface area contributed by atoms with Crippen LogP contribution in [0.4, 0.5) is 0 Å². The second-order valence-corrected chi connectivity index (χ2v) is 11.8. The molecule has 0 radical (unpaired) electrons. The maximum Gasteiger partial charge on any atom is 0.255 e. The Bertz CT molecular complexity index is 1840. The van der Waals surface area contributed by atoms with Crippen molar-refractivity contribution < 1.29 is 34.8 Å². The van der Waals surface area contributed by atoms with Gasteiger partial charge >= 0.3 is 0 Å². The molecule has 0 fully saturated rings. The van der Waals surface area contributed by atoms with Crippen molar-refractivity contribution in [3.63, 3.8) is 0 Å². The van der Waals surface area contributed by atoms with Gasteiger partial charge < -0.3 is 36.0 Å². The number of nitrogens with one attached hydrogen (secondary N) is 2. The zero-order chi connectivity index (χ0) is 35.7. The average molecular weight is 674 g/mol. The minimum absolute atomic E-state index is 0.00443. The van der Waals surface area contributed by atoms with Gasteiger partial charge in [-0.15, -0.1) is 0 Å². The molecular weight excluding hydrogens is 634 g/mol. The quantitative estimate of drug-likeness (QED) is 0.0741. The first-order chi connectivity index (χ1) is 24.2. The molecule has 5 rings (SSSR count). The Morgan fingerprint density at radius 3 is 1.64 bits per heavy atom. The third kappa shape index (κ3) is 7.39. The fourth-order valence-electron chi connectivity index (χ4n) is 6.22. The van der Waals surface area contributed by atoms with Crippen LogP contribution in [0.5, 0.6) is 23.0 Å². The molecule has 3 amide bonds. The van der Waals surface area contributed by atoms with Crippen LogP contribution in [0.1, 0.15) is 45.5 Å². The highest BCUT2D eigenvalue weighted by Crippen LogP contribution is 2.45. The molecule has 0 aliphatic carbocycles. The van der Waals surface area contributed by atoms with Gasteiger partial charge in [-0.05, 0) is 65.4 Å². The van der Waals surface area contributed by atoms with Crippen LogP contribution in [-0.2, 0) is 21.5 Å². The van der Waals surface area contributed by atoms with Gasteiger partial charge in [-0.2, -0.15) is 0 Å². The summed E-state index contributed by atoms with van der Waals surface area (Å²) in [5.41, 5.74) is 1.18. The highest BCUT2D eigenvalue weighted by molar-refractivity contribution is 5.99. The van der Waals surface area contributed by atoms with Crippen molar-refractivity contribution in [2.75, 3.05) is 13.6 Å². The van der Waals surface area contributed by atoms with Crippen molar-refractivity contribution >= 4 is 17.7 Å². The van der Waals surface area contributed by atoms with E-state index in [1.54, 1.807) is 6.07 Å². The van der Waals surface area contributed by atoms with E-state index >= 15 is 4.79 Å². The number of phenolic OH excluding ortho intramolecular Hbond substituents is 4. The van der Waals surface area contributed by atoms with E-state index < -0.39 is 34.9 Å². The zero-order valence-corrected chi connectivity index (χ0v) is 27.5. The largest absolute Gasteiger partial charge is 0.504 e. The second kappa shape index (κ2) is 15.7. The molecule has 0 heterocycles. The normalized spacial score (nSPS) is 11.7. The minimum Gasteiger partial charge on any atom is -0.504 e. The van der Waals surface area contributed by atoms with Crippen LogP contribution in [0.3, 0.4) is 0 Å². The number of rotatable bonds is 13. The lowest BCUT2D eigenvalue weighted by Gasteiger charge is -2.48. The number of phenols is 4. The number of carbonyl (C=O) groups is 3. The van der Waals surface area contributed by atoms with E-state index in [1.165, 1.54) is 36.2 Å². The van der Waals surface area contributed by atoms with Crippen LogP contribution >= 0.6 is 0 Å². The SMILES string of the molecule is CNC(=O)CC[C@@H](C(=O)NCCc1ccc(O)c(O)c1)N(C(=O)c1ccc(O)c(O)c1)C(c1ccccc1)(c1ccccc1)c1ccccc1. The smallest absolute Gasteiger partial charge is 0.255 e. The van der Waals surface area contributed by atoms with Crippen LogP contribution in [0, 0.1) is 0 Å². The van der Waals surface area contributed by atoms with Crippen LogP contribution in [0.25, 0.3) is 0 Å². The van der Waals surface area contributed by atoms with Crippen molar-refractivity contribution in [3.8, 4) is 23.0 Å². The number of hydrogen-bond acceptors (Lipinski definition) is 7. The fourth-order valence-corrected chi connectivity index (χ4v) is 6.22. The van der Waals surface area contributed by atoms with Crippen molar-refractivity contribution in [1.82, 2.24) is 15.5 Å². The zero-order valence-electron chi connectivity index (χ0n) is 27.5. The predicted octanol–water partition coefficient (Wildman–Crippen LogP) is 5.20. The van der Waals surface area contributed by atoms with E-state index in [0.717, 1.165) is 6.07 Å². The van der Waals surface area contributed by atoms with Crippen LogP contribution in [0.2, 0.25) is 0 Å². The van der Waals surface area contributed by atoms with Crippen molar-refractivity contribution in [2.24, 2.45) is 0 Å². The van der Waals surface area contributed by atoms with Gasteiger partial charge in [0.2, 0.25) is 11.8 Å². The summed E-state index contributed by atoms with van der Waals surface area (Å²) >= 11 is 0. The predicted molar refractivity (Wildman–Crippen MR) is 189 cm³/mol. The molecule has 10 heteroatoms. The first kappa shape index (κ1) is 35.0. The third-order valence-corrected chi connectivity index (χ3v) is 8.67. The molecule has 0 bridgehead atoms. The van der Waals surface area contributed by atoms with Gasteiger partial charge in [0, 0.05) is 25.6 Å². The summed E-state index contributed by atoms with van der Waals surface area (Å²) in [6.07, 6.45) is 0.123. The fraction of sp³-hybridized carbons (Fsp3) is 0.175. The Morgan fingerprint density at radius 2 is 1.16 bits per heavy atom. The van der Waals surface area contributed by atoms with Gasteiger partial charge in [0.25, 0.3) is 5.91 Å². The van der Waals surface area contributed by atoms with Crippen LogP contribution in [0.15, 0.2) is 127 Å². The summed E-state index contributed by atoms with van der Waals surface area (Å²) in [6.45, 7) is 0.108. The summed E-state index contributed by atoms with van der Waals surface area (Å²) in [4.78, 5) is 44.0. The molecule has 50 heavy (non-hydrogen) atoms. The molecule has 0 saturated carbocycles. The Morgan fingerprint density at radius 1 is 0.660 bits per heavy atom. The van der Waals surface area contributed by atoms with E-state index in [2.05, 4.69) is 10.6 Å². The van der Waals surface area contributed by atoms with E-state index in [-0.39, 0.29) is 42.4 Å². The molecule has 0 aromatic heterocycles. The van der Waals surface area contributed by atoms with E-state index in [9.17, 15) is 30.0 Å². The van der Waals surface area contributed by atoms with Crippen molar-refractivity contribution in [3.05, 3.63) is 155 Å². The maximum absolute atomic E-state index is 15.2. The lowest BCUT2D eigenvalue weighted by atomic mass is 9.74. The molecule has 0 aliphatic heterocycles. The number of hydrogen-bond donors (Lipinski definition) is 6. The number of carbonyl (C=O) groups excluding carboxylic acids is 3. The highest BCUT2D eigenvalue weighted by Gasteiger charge is 2.49. The molecule has 5 aromatic carbocycles. The number of amides is 3. The molecule has 0 aliphatic rings. The summed E-state index contributed by atoms with van der Waals surface area (Å²) in [5.74, 6) is -2.99. The molecule has 1 atom stereocenters. The van der Waals surface area contributed by atoms with Crippen molar-refractivity contribution in [2.45, 2.75) is 30.8 Å². The summed E-state index contributed by atoms with van der Waals surface area (Å²) in [6, 6.07) is 34.8. The lowest BCUT2D eigenvalue weighted by Crippen LogP contribution is -2.60. The molecule has 5 aromatic rings. The Hall–Kier alpha value is -6.29. The maximum atomic E-state index is 15.2. The van der Waals surface area contributed by atoms with Gasteiger partial charge in [-0.1, -0.05) is 97.1 Å². The molecule has 0 spiro atoms. The minimum atomic E-state index is -1.46. The topological polar surface area (TPSA) is 159 Å². The van der Waals surface area contributed by atoms with Gasteiger partial charge in [-0.3, -0.25) is 14.4 Å². The van der Waals surface area contributed by atoms with Gasteiger partial charge in [0.05, 0.1) is 0 Å². The first-order valence-electron chi connectivity index (χ1n) is 16.2. The molecule has 0 saturated heterocycles. The Balaban J connectivity index is 1.75. The lowest BCUT2D eigenvalue weighted by molar-refractivity contribution is -0.128. The van der Waals surface area contributed by atoms with E-state index in [4.69, 9.17) is 0 Å². The number of aromatic hydroxyl groups is 4. The molecular formula is C40H39N3O7. The highest BCUT2D eigenvalue weighted by atomic mass is 16.3. The Kier molecular flexibility index (Phi) is 11.0. The van der Waals surface area contributed by atoms with Crippen LogP contribution in [-0.4, -0.2) is 62.7 Å². The molecule has 10 nitrogen and oxygen atoms in total. The third-order valence-electron chi connectivity index (χ3n) is 8.67. The first-order valence-corrected chi connectivity index (χ1v) is 16.2.